The summed E-state index contributed by atoms with van der Waals surface area (Å²) in [6.07, 6.45) is 2.45. The minimum Gasteiger partial charge on any atom is -0.318 e. The average Bonchev–Trinajstić information content (AvgIpc) is 2.44. The summed E-state index contributed by atoms with van der Waals surface area (Å²) in [5, 5.41) is 0. The summed E-state index contributed by atoms with van der Waals surface area (Å²) in [6.45, 7) is 0. The first-order chi connectivity index (χ1) is 3.34. The molecule has 1 aliphatic rings. The van der Waals surface area contributed by atoms with Crippen molar-refractivity contribution in [2.75, 3.05) is 0 Å². The minimum absolute atomic E-state index is 0.611. The summed E-state index contributed by atoms with van der Waals surface area (Å²) >= 11 is 4.81. The number of nitrogens with two attached hydrogens (primary N) is 1. The summed E-state index contributed by atoms with van der Waals surface area (Å²) in [5.41, 5.74) is 2.46. The van der Waals surface area contributed by atoms with Crippen LogP contribution < -0.4 is 11.3 Å². The summed E-state index contributed by atoms with van der Waals surface area (Å²) in [7, 11) is 0. The normalized spacial score (nSPS) is 19.0. The van der Waals surface area contributed by atoms with Gasteiger partial charge in [-0.25, -0.2) is 0 Å². The van der Waals surface area contributed by atoms with Crippen LogP contribution in [0.4, 0.5) is 0 Å². The molecule has 2 nitrogen and oxygen atoms in total. The molecule has 1 aliphatic carbocycles. The van der Waals surface area contributed by atoms with Gasteiger partial charge in [0.1, 0.15) is 0 Å². The van der Waals surface area contributed by atoms with Crippen LogP contribution in [-0.2, 0) is 0 Å². The zero-order valence-corrected chi connectivity index (χ0v) is 4.79. The smallest absolute Gasteiger partial charge is 0.0924 e. The molecule has 3 heteroatoms. The molecule has 1 fully saturated rings. The number of rotatable bonds is 1. The van der Waals surface area contributed by atoms with E-state index in [9.17, 15) is 0 Å². The van der Waals surface area contributed by atoms with E-state index >= 15 is 0 Å². The third-order valence-corrected chi connectivity index (χ3v) is 1.54. The SMILES string of the molecule is NNC(=S)C1CC1. The Bertz CT molecular complexity index is 87.7. The van der Waals surface area contributed by atoms with Gasteiger partial charge in [0.05, 0.1) is 4.99 Å². The van der Waals surface area contributed by atoms with Gasteiger partial charge in [0.25, 0.3) is 0 Å². The average molecular weight is 116 g/mol. The summed E-state index contributed by atoms with van der Waals surface area (Å²) in [5.74, 6) is 5.63. The topological polar surface area (TPSA) is 38.0 Å². The Hall–Kier alpha value is -0.150. The van der Waals surface area contributed by atoms with Gasteiger partial charge in [0.2, 0.25) is 0 Å². The first-order valence-corrected chi connectivity index (χ1v) is 2.76. The second-order valence-corrected chi connectivity index (χ2v) is 2.22. The van der Waals surface area contributed by atoms with Crippen LogP contribution in [0.3, 0.4) is 0 Å². The number of hydrazine groups is 1. The number of thiocarbonyl (C=S) groups is 1. The molecule has 0 atom stereocenters. The van der Waals surface area contributed by atoms with Crippen LogP contribution in [-0.4, -0.2) is 4.99 Å². The summed E-state index contributed by atoms with van der Waals surface area (Å²) in [6, 6.07) is 0. The van der Waals surface area contributed by atoms with E-state index < -0.39 is 0 Å². The van der Waals surface area contributed by atoms with E-state index in [4.69, 9.17) is 18.1 Å². The lowest BCUT2D eigenvalue weighted by Crippen LogP contribution is -2.29. The largest absolute Gasteiger partial charge is 0.318 e. The highest BCUT2D eigenvalue weighted by Crippen LogP contribution is 2.29. The second-order valence-electron chi connectivity index (χ2n) is 1.78. The van der Waals surface area contributed by atoms with E-state index in [1.165, 1.54) is 12.8 Å². The van der Waals surface area contributed by atoms with Crippen LogP contribution in [0, 0.1) is 5.92 Å². The lowest BCUT2D eigenvalue weighted by Gasteiger charge is -1.94. The molecule has 0 bridgehead atoms. The maximum atomic E-state index is 5.02. The van der Waals surface area contributed by atoms with Crippen LogP contribution in [0.2, 0.25) is 0 Å². The van der Waals surface area contributed by atoms with Crippen molar-refractivity contribution in [1.82, 2.24) is 5.43 Å². The van der Waals surface area contributed by atoms with E-state index in [-0.39, 0.29) is 0 Å². The van der Waals surface area contributed by atoms with Crippen LogP contribution in [0.25, 0.3) is 0 Å². The maximum Gasteiger partial charge on any atom is 0.0924 e. The van der Waals surface area contributed by atoms with Crippen LogP contribution in [0.1, 0.15) is 12.8 Å². The summed E-state index contributed by atoms with van der Waals surface area (Å²) < 4.78 is 0. The lowest BCUT2D eigenvalue weighted by atomic mass is 10.4. The number of hydrogen-bond donors (Lipinski definition) is 2. The Kier molecular flexibility index (Phi) is 1.25. The Balaban J connectivity index is 2.24. The Morgan fingerprint density at radius 2 is 2.29 bits per heavy atom. The predicted octanol–water partition coefficient (Wildman–Crippen LogP) is 0.187. The zero-order valence-electron chi connectivity index (χ0n) is 3.98. The molecule has 0 aromatic carbocycles. The van der Waals surface area contributed by atoms with Crippen molar-refractivity contribution in [3.63, 3.8) is 0 Å². The number of hydrogen-bond acceptors (Lipinski definition) is 2. The van der Waals surface area contributed by atoms with Gasteiger partial charge in [-0.3, -0.25) is 5.84 Å². The molecule has 1 rings (SSSR count). The van der Waals surface area contributed by atoms with Crippen LogP contribution in [0.5, 0.6) is 0 Å². The van der Waals surface area contributed by atoms with Gasteiger partial charge in [-0.1, -0.05) is 12.2 Å². The van der Waals surface area contributed by atoms with Crippen molar-refractivity contribution in [3.05, 3.63) is 0 Å². The molecule has 0 aromatic heterocycles. The number of nitrogens with one attached hydrogen (secondary N) is 1. The van der Waals surface area contributed by atoms with E-state index in [2.05, 4.69) is 5.43 Å². The first-order valence-electron chi connectivity index (χ1n) is 2.35. The molecular formula is C4H8N2S. The fraction of sp³-hybridized carbons (Fsp3) is 0.750. The highest BCUT2D eigenvalue weighted by Gasteiger charge is 2.25. The molecule has 7 heavy (non-hydrogen) atoms. The zero-order chi connectivity index (χ0) is 5.28. The minimum atomic E-state index is 0.611. The molecule has 0 aromatic rings. The molecule has 1 saturated carbocycles. The van der Waals surface area contributed by atoms with Crippen LogP contribution >= 0.6 is 12.2 Å². The first kappa shape index (κ1) is 5.00. The van der Waals surface area contributed by atoms with Gasteiger partial charge in [-0.15, -0.1) is 0 Å². The van der Waals surface area contributed by atoms with Crippen molar-refractivity contribution < 1.29 is 0 Å². The highest BCUT2D eigenvalue weighted by molar-refractivity contribution is 7.80. The van der Waals surface area contributed by atoms with E-state index in [0.717, 1.165) is 4.99 Å². The molecular weight excluding hydrogens is 108 g/mol. The van der Waals surface area contributed by atoms with Gasteiger partial charge in [0.15, 0.2) is 0 Å². The molecule has 0 heterocycles. The standard InChI is InChI=1S/C4H8N2S/c5-6-4(7)3-1-2-3/h3H,1-2,5H2,(H,6,7). The van der Waals surface area contributed by atoms with Crippen molar-refractivity contribution in [2.45, 2.75) is 12.8 Å². The van der Waals surface area contributed by atoms with Crippen molar-refractivity contribution >= 4 is 17.2 Å². The molecule has 0 radical (unpaired) electrons. The Morgan fingerprint density at radius 1 is 1.71 bits per heavy atom. The molecule has 0 amide bonds. The molecule has 0 spiro atoms. The lowest BCUT2D eigenvalue weighted by molar-refractivity contribution is 0.982. The van der Waals surface area contributed by atoms with E-state index in [1.54, 1.807) is 0 Å². The highest BCUT2D eigenvalue weighted by atomic mass is 32.1. The maximum absolute atomic E-state index is 5.02. The van der Waals surface area contributed by atoms with Gasteiger partial charge in [-0.05, 0) is 12.8 Å². The monoisotopic (exact) mass is 116 g/mol. The molecule has 0 unspecified atom stereocenters. The quantitative estimate of drug-likeness (QED) is 0.292. The van der Waals surface area contributed by atoms with E-state index in [1.807, 2.05) is 0 Å². The van der Waals surface area contributed by atoms with Gasteiger partial charge >= 0.3 is 0 Å². The fourth-order valence-corrected chi connectivity index (χ4v) is 0.699. The molecule has 0 saturated heterocycles. The fourth-order valence-electron chi connectivity index (χ4n) is 0.463. The Morgan fingerprint density at radius 3 is 2.43 bits per heavy atom. The van der Waals surface area contributed by atoms with Crippen molar-refractivity contribution in [3.8, 4) is 0 Å². The Labute approximate surface area is 48.0 Å². The third kappa shape index (κ3) is 1.11. The molecule has 0 aliphatic heterocycles. The van der Waals surface area contributed by atoms with Crippen molar-refractivity contribution in [1.29, 1.82) is 0 Å². The van der Waals surface area contributed by atoms with Crippen molar-refractivity contribution in [2.24, 2.45) is 11.8 Å². The van der Waals surface area contributed by atoms with Gasteiger partial charge in [-0.2, -0.15) is 0 Å². The summed E-state index contributed by atoms with van der Waals surface area (Å²) in [4.78, 5) is 0.819. The third-order valence-electron chi connectivity index (χ3n) is 1.09. The van der Waals surface area contributed by atoms with Gasteiger partial charge in [0, 0.05) is 5.92 Å². The molecule has 40 valence electrons. The predicted molar refractivity (Wildman–Crippen MR) is 32.6 cm³/mol. The van der Waals surface area contributed by atoms with Crippen LogP contribution in [0.15, 0.2) is 0 Å². The second kappa shape index (κ2) is 1.76. The van der Waals surface area contributed by atoms with Gasteiger partial charge < -0.3 is 5.43 Å². The molecule has 3 N–H and O–H groups in total. The van der Waals surface area contributed by atoms with E-state index in [0.29, 0.717) is 5.92 Å².